The van der Waals surface area contributed by atoms with E-state index in [2.05, 4.69) is 10.2 Å². The monoisotopic (exact) mass is 159 g/mol. The second kappa shape index (κ2) is 3.09. The zero-order chi connectivity index (χ0) is 8.27. The van der Waals surface area contributed by atoms with E-state index in [1.807, 2.05) is 0 Å². The minimum atomic E-state index is -1.16. The second-order valence-corrected chi connectivity index (χ2v) is 1.82. The lowest BCUT2D eigenvalue weighted by molar-refractivity contribution is 0.0689. The third-order valence-electron chi connectivity index (χ3n) is 1.04. The summed E-state index contributed by atoms with van der Waals surface area (Å²) in [6.45, 7) is -0.610. The normalized spacial score (nSPS) is 9.91. The summed E-state index contributed by atoms with van der Waals surface area (Å²) in [4.78, 5) is 11.2. The number of nitrogens with zero attached hydrogens (tertiary/aromatic N) is 3. The van der Waals surface area contributed by atoms with Crippen molar-refractivity contribution in [3.8, 4) is 0 Å². The lowest BCUT2D eigenvalue weighted by Gasteiger charge is -1.90. The molecular formula is C5H6FN3O2. The molecule has 0 aromatic carbocycles. The fourth-order valence-electron chi connectivity index (χ4n) is 0.579. The minimum Gasteiger partial charge on any atom is -0.476 e. The molecule has 0 saturated heterocycles. The van der Waals surface area contributed by atoms with E-state index in [1.165, 1.54) is 0 Å². The quantitative estimate of drug-likeness (QED) is 0.671. The molecule has 1 N–H and O–H groups in total. The Labute approximate surface area is 61.4 Å². The first-order chi connectivity index (χ1) is 5.24. The van der Waals surface area contributed by atoms with Crippen molar-refractivity contribution >= 4 is 5.97 Å². The average Bonchev–Trinajstić information content (AvgIpc) is 2.37. The highest BCUT2D eigenvalue weighted by molar-refractivity contribution is 5.84. The van der Waals surface area contributed by atoms with Gasteiger partial charge in [-0.05, 0) is 0 Å². The molecule has 6 heteroatoms. The van der Waals surface area contributed by atoms with Gasteiger partial charge in [-0.1, -0.05) is 0 Å². The predicted octanol–water partition coefficient (Wildman–Crippen LogP) is -0.0542. The van der Waals surface area contributed by atoms with E-state index in [9.17, 15) is 9.18 Å². The Morgan fingerprint density at radius 1 is 1.82 bits per heavy atom. The maximum absolute atomic E-state index is 11.6. The number of carbonyl (C=O) groups is 1. The first-order valence-corrected chi connectivity index (χ1v) is 2.93. The van der Waals surface area contributed by atoms with Gasteiger partial charge in [-0.2, -0.15) is 9.90 Å². The van der Waals surface area contributed by atoms with Crippen molar-refractivity contribution in [2.45, 2.75) is 6.54 Å². The highest BCUT2D eigenvalue weighted by Gasteiger charge is 2.06. The van der Waals surface area contributed by atoms with Crippen LogP contribution in [0.5, 0.6) is 0 Å². The van der Waals surface area contributed by atoms with E-state index in [-0.39, 0.29) is 12.2 Å². The Bertz CT molecular complexity index is 260. The van der Waals surface area contributed by atoms with E-state index in [0.717, 1.165) is 11.0 Å². The van der Waals surface area contributed by atoms with Crippen molar-refractivity contribution < 1.29 is 14.3 Å². The van der Waals surface area contributed by atoms with Crippen molar-refractivity contribution in [1.82, 2.24) is 15.0 Å². The number of aromatic nitrogens is 3. The first kappa shape index (κ1) is 7.64. The Kier molecular flexibility index (Phi) is 2.15. The van der Waals surface area contributed by atoms with Crippen LogP contribution in [0.2, 0.25) is 0 Å². The van der Waals surface area contributed by atoms with E-state index in [1.54, 1.807) is 0 Å². The smallest absolute Gasteiger partial charge is 0.358 e. The molecule has 1 heterocycles. The van der Waals surface area contributed by atoms with Gasteiger partial charge in [-0.3, -0.25) is 0 Å². The van der Waals surface area contributed by atoms with Crippen molar-refractivity contribution in [2.75, 3.05) is 6.67 Å². The number of aromatic carboxylic acids is 1. The number of hydrogen-bond donors (Lipinski definition) is 1. The van der Waals surface area contributed by atoms with Gasteiger partial charge in [0.05, 0.1) is 12.7 Å². The molecule has 0 aliphatic carbocycles. The molecule has 11 heavy (non-hydrogen) atoms. The van der Waals surface area contributed by atoms with Crippen LogP contribution in [-0.4, -0.2) is 32.7 Å². The summed E-state index contributed by atoms with van der Waals surface area (Å²) in [7, 11) is 0. The SMILES string of the molecule is O=C(O)c1cnn(CCF)n1. The molecule has 0 aliphatic rings. The number of hydrogen-bond acceptors (Lipinski definition) is 3. The number of alkyl halides is 1. The summed E-state index contributed by atoms with van der Waals surface area (Å²) in [6.07, 6.45) is 1.08. The van der Waals surface area contributed by atoms with Crippen LogP contribution in [0.3, 0.4) is 0 Å². The van der Waals surface area contributed by atoms with E-state index < -0.39 is 12.6 Å². The summed E-state index contributed by atoms with van der Waals surface area (Å²) in [5, 5.41) is 15.3. The van der Waals surface area contributed by atoms with Crippen LogP contribution in [0.1, 0.15) is 10.5 Å². The van der Waals surface area contributed by atoms with Crippen LogP contribution in [0.15, 0.2) is 6.20 Å². The molecule has 0 fully saturated rings. The highest BCUT2D eigenvalue weighted by atomic mass is 19.1. The Morgan fingerprint density at radius 2 is 2.55 bits per heavy atom. The van der Waals surface area contributed by atoms with Gasteiger partial charge in [-0.15, -0.1) is 5.10 Å². The van der Waals surface area contributed by atoms with Gasteiger partial charge in [0, 0.05) is 0 Å². The summed E-state index contributed by atoms with van der Waals surface area (Å²) in [5.41, 5.74) is -0.168. The molecule has 0 amide bonds. The molecule has 1 aromatic rings. The number of halogens is 1. The van der Waals surface area contributed by atoms with E-state index in [4.69, 9.17) is 5.11 Å². The molecule has 0 aliphatic heterocycles. The van der Waals surface area contributed by atoms with Gasteiger partial charge in [0.1, 0.15) is 6.67 Å². The molecule has 60 valence electrons. The molecule has 0 radical (unpaired) electrons. The minimum absolute atomic E-state index is 0.00667. The van der Waals surface area contributed by atoms with E-state index >= 15 is 0 Å². The summed E-state index contributed by atoms with van der Waals surface area (Å²) in [5.74, 6) is -1.16. The summed E-state index contributed by atoms with van der Waals surface area (Å²) >= 11 is 0. The lowest BCUT2D eigenvalue weighted by Crippen LogP contribution is -2.05. The average molecular weight is 159 g/mol. The molecule has 5 nitrogen and oxygen atoms in total. The fourth-order valence-corrected chi connectivity index (χ4v) is 0.579. The van der Waals surface area contributed by atoms with Crippen LogP contribution in [-0.2, 0) is 6.54 Å². The van der Waals surface area contributed by atoms with Crippen LogP contribution in [0.25, 0.3) is 0 Å². The standard InChI is InChI=1S/C5H6FN3O2/c6-1-2-9-7-3-4(8-9)5(10)11/h3H,1-2H2,(H,10,11). The zero-order valence-electron chi connectivity index (χ0n) is 5.57. The van der Waals surface area contributed by atoms with Crippen LogP contribution >= 0.6 is 0 Å². The third kappa shape index (κ3) is 1.73. The van der Waals surface area contributed by atoms with Gasteiger partial charge in [-0.25, -0.2) is 9.18 Å². The van der Waals surface area contributed by atoms with Gasteiger partial charge < -0.3 is 5.11 Å². The molecule has 0 spiro atoms. The molecule has 1 aromatic heterocycles. The van der Waals surface area contributed by atoms with Crippen LogP contribution in [0.4, 0.5) is 4.39 Å². The third-order valence-corrected chi connectivity index (χ3v) is 1.04. The molecular weight excluding hydrogens is 153 g/mol. The highest BCUT2D eigenvalue weighted by Crippen LogP contribution is 1.90. The van der Waals surface area contributed by atoms with E-state index in [0.29, 0.717) is 0 Å². The van der Waals surface area contributed by atoms with Crippen molar-refractivity contribution in [3.63, 3.8) is 0 Å². The number of carboxylic acid groups (broad SMARTS) is 1. The number of carboxylic acids is 1. The van der Waals surface area contributed by atoms with Crippen LogP contribution in [0, 0.1) is 0 Å². The Morgan fingerprint density at radius 3 is 3.00 bits per heavy atom. The molecule has 0 bridgehead atoms. The summed E-state index contributed by atoms with van der Waals surface area (Å²) < 4.78 is 11.6. The largest absolute Gasteiger partial charge is 0.476 e. The van der Waals surface area contributed by atoms with Crippen molar-refractivity contribution in [2.24, 2.45) is 0 Å². The molecule has 0 unspecified atom stereocenters. The van der Waals surface area contributed by atoms with Gasteiger partial charge in [0.15, 0.2) is 5.69 Å². The fraction of sp³-hybridized carbons (Fsp3) is 0.400. The van der Waals surface area contributed by atoms with Crippen molar-refractivity contribution in [1.29, 1.82) is 0 Å². The molecule has 0 saturated carbocycles. The second-order valence-electron chi connectivity index (χ2n) is 1.82. The predicted molar refractivity (Wildman–Crippen MR) is 33.0 cm³/mol. The number of aryl methyl sites for hydroxylation is 1. The Hall–Kier alpha value is -1.46. The molecule has 1 rings (SSSR count). The maximum atomic E-state index is 11.6. The first-order valence-electron chi connectivity index (χ1n) is 2.93. The maximum Gasteiger partial charge on any atom is 0.358 e. The zero-order valence-corrected chi connectivity index (χ0v) is 5.57. The topological polar surface area (TPSA) is 68.0 Å². The van der Waals surface area contributed by atoms with Gasteiger partial charge >= 0.3 is 5.97 Å². The van der Waals surface area contributed by atoms with Gasteiger partial charge in [0.2, 0.25) is 0 Å². The summed E-state index contributed by atoms with van der Waals surface area (Å²) in [6, 6.07) is 0. The van der Waals surface area contributed by atoms with Crippen LogP contribution < -0.4 is 0 Å². The van der Waals surface area contributed by atoms with Crippen molar-refractivity contribution in [3.05, 3.63) is 11.9 Å². The Balaban J connectivity index is 2.73. The number of rotatable bonds is 3. The molecule has 0 atom stereocenters. The van der Waals surface area contributed by atoms with Gasteiger partial charge in [0.25, 0.3) is 0 Å². The lowest BCUT2D eigenvalue weighted by atomic mass is 10.5.